The molecule has 0 aliphatic carbocycles. The summed E-state index contributed by atoms with van der Waals surface area (Å²) in [5.74, 6) is -0.277. The number of benzene rings is 1. The van der Waals surface area contributed by atoms with Gasteiger partial charge in [0.15, 0.2) is 5.76 Å². The molecular formula is C21H29N3O5S. The zero-order chi connectivity index (χ0) is 22.3. The molecule has 1 aliphatic rings. The number of aromatic hydroxyl groups is 1. The first-order valence-electron chi connectivity index (χ1n) is 9.98. The number of nitrogens with one attached hydrogen (secondary N) is 1. The van der Waals surface area contributed by atoms with Crippen LogP contribution in [0.4, 0.5) is 5.69 Å². The maximum atomic E-state index is 12.9. The van der Waals surface area contributed by atoms with Crippen molar-refractivity contribution in [3.05, 3.63) is 35.2 Å². The minimum Gasteiger partial charge on any atom is -0.506 e. The van der Waals surface area contributed by atoms with E-state index >= 15 is 0 Å². The third-order valence-corrected chi connectivity index (χ3v) is 7.65. The van der Waals surface area contributed by atoms with Gasteiger partial charge in [-0.15, -0.1) is 0 Å². The van der Waals surface area contributed by atoms with Gasteiger partial charge in [0, 0.05) is 19.0 Å². The van der Waals surface area contributed by atoms with Gasteiger partial charge in [-0.3, -0.25) is 4.79 Å². The standard InChI is InChI=1S/C21H29N3O5S/c1-13-19(14(2)29-23-13)30(27,28)24-10-8-15(9-11-24)20(26)22-17-12-16(21(3,4)5)6-7-18(17)25/h6-7,12,15,25H,8-11H2,1-5H3,(H,22,26). The SMILES string of the molecule is Cc1noc(C)c1S(=O)(=O)N1CCC(C(=O)Nc2cc(C(C)(C)C)ccc2O)CC1. The Morgan fingerprint density at radius 3 is 2.40 bits per heavy atom. The number of amides is 1. The predicted molar refractivity (Wildman–Crippen MR) is 113 cm³/mol. The number of hydrogen-bond acceptors (Lipinski definition) is 6. The molecule has 2 aromatic rings. The second kappa shape index (κ2) is 8.03. The van der Waals surface area contributed by atoms with E-state index in [-0.39, 0.29) is 46.7 Å². The second-order valence-electron chi connectivity index (χ2n) is 8.80. The van der Waals surface area contributed by atoms with Gasteiger partial charge in [0.2, 0.25) is 15.9 Å². The number of aromatic nitrogens is 1. The van der Waals surface area contributed by atoms with Crippen molar-refractivity contribution in [3.8, 4) is 5.75 Å². The minimum absolute atomic E-state index is 0.00905. The molecule has 1 saturated heterocycles. The van der Waals surface area contributed by atoms with Crippen molar-refractivity contribution in [3.63, 3.8) is 0 Å². The maximum absolute atomic E-state index is 12.9. The molecule has 0 saturated carbocycles. The average Bonchev–Trinajstić information content (AvgIpc) is 3.01. The first-order chi connectivity index (χ1) is 13.9. The third kappa shape index (κ3) is 4.37. The van der Waals surface area contributed by atoms with Crippen LogP contribution in [0.15, 0.2) is 27.6 Å². The van der Waals surface area contributed by atoms with E-state index in [4.69, 9.17) is 4.52 Å². The molecule has 9 heteroatoms. The molecule has 3 rings (SSSR count). The Bertz CT molecular complexity index is 1030. The molecule has 2 heterocycles. The van der Waals surface area contributed by atoms with Crippen LogP contribution in [-0.4, -0.2) is 42.0 Å². The summed E-state index contributed by atoms with van der Waals surface area (Å²) in [4.78, 5) is 12.9. The summed E-state index contributed by atoms with van der Waals surface area (Å²) in [5.41, 5.74) is 1.58. The number of nitrogens with zero attached hydrogens (tertiary/aromatic N) is 2. The van der Waals surface area contributed by atoms with Gasteiger partial charge < -0.3 is 14.9 Å². The Hall–Kier alpha value is -2.39. The molecule has 1 aromatic carbocycles. The van der Waals surface area contributed by atoms with Gasteiger partial charge in [-0.1, -0.05) is 32.0 Å². The molecule has 164 valence electrons. The summed E-state index contributed by atoms with van der Waals surface area (Å²) in [5, 5.41) is 16.7. The summed E-state index contributed by atoms with van der Waals surface area (Å²) in [7, 11) is -3.71. The normalized spacial score (nSPS) is 16.6. The van der Waals surface area contributed by atoms with E-state index < -0.39 is 10.0 Å². The van der Waals surface area contributed by atoms with Crippen LogP contribution in [0, 0.1) is 19.8 Å². The fourth-order valence-electron chi connectivity index (χ4n) is 3.67. The molecule has 0 unspecified atom stereocenters. The number of carbonyl (C=O) groups is 1. The number of hydrogen-bond donors (Lipinski definition) is 2. The monoisotopic (exact) mass is 435 g/mol. The van der Waals surface area contributed by atoms with Crippen molar-refractivity contribution in [1.29, 1.82) is 0 Å². The molecule has 1 aliphatic heterocycles. The largest absolute Gasteiger partial charge is 0.506 e. The first-order valence-corrected chi connectivity index (χ1v) is 11.4. The lowest BCUT2D eigenvalue weighted by molar-refractivity contribution is -0.120. The second-order valence-corrected chi connectivity index (χ2v) is 10.7. The predicted octanol–water partition coefficient (Wildman–Crippen LogP) is 3.33. The number of phenols is 1. The number of phenolic OH excluding ortho intramolecular Hbond substituents is 1. The summed E-state index contributed by atoms with van der Waals surface area (Å²) in [6, 6.07) is 5.20. The summed E-state index contributed by atoms with van der Waals surface area (Å²) < 4.78 is 32.2. The Morgan fingerprint density at radius 2 is 1.87 bits per heavy atom. The van der Waals surface area contributed by atoms with Crippen LogP contribution in [0.1, 0.15) is 50.6 Å². The fourth-order valence-corrected chi connectivity index (χ4v) is 5.43. The maximum Gasteiger partial charge on any atom is 0.248 e. The summed E-state index contributed by atoms with van der Waals surface area (Å²) >= 11 is 0. The summed E-state index contributed by atoms with van der Waals surface area (Å²) in [6.07, 6.45) is 0.794. The minimum atomic E-state index is -3.71. The topological polar surface area (TPSA) is 113 Å². The summed E-state index contributed by atoms with van der Waals surface area (Å²) in [6.45, 7) is 9.81. The Morgan fingerprint density at radius 1 is 1.23 bits per heavy atom. The molecule has 1 fully saturated rings. The van der Waals surface area contributed by atoms with E-state index in [1.54, 1.807) is 26.0 Å². The van der Waals surface area contributed by atoms with Crippen LogP contribution in [0.2, 0.25) is 0 Å². The lowest BCUT2D eigenvalue weighted by Crippen LogP contribution is -2.41. The zero-order valence-corrected chi connectivity index (χ0v) is 18.8. The van der Waals surface area contributed by atoms with Crippen molar-refractivity contribution >= 4 is 21.6 Å². The lowest BCUT2D eigenvalue weighted by atomic mass is 9.86. The van der Waals surface area contributed by atoms with Gasteiger partial charge >= 0.3 is 0 Å². The lowest BCUT2D eigenvalue weighted by Gasteiger charge is -2.30. The fraction of sp³-hybridized carbons (Fsp3) is 0.524. The van der Waals surface area contributed by atoms with Crippen LogP contribution in [0.3, 0.4) is 0 Å². The molecule has 0 bridgehead atoms. The van der Waals surface area contributed by atoms with E-state index in [1.807, 2.05) is 6.07 Å². The van der Waals surface area contributed by atoms with Gasteiger partial charge in [0.05, 0.1) is 5.69 Å². The van der Waals surface area contributed by atoms with Crippen LogP contribution in [0.5, 0.6) is 5.75 Å². The molecule has 2 N–H and O–H groups in total. The molecule has 0 atom stereocenters. The van der Waals surface area contributed by atoms with Crippen molar-refractivity contribution in [2.24, 2.45) is 5.92 Å². The van der Waals surface area contributed by atoms with Gasteiger partial charge in [-0.25, -0.2) is 8.42 Å². The highest BCUT2D eigenvalue weighted by atomic mass is 32.2. The van der Waals surface area contributed by atoms with Crippen LogP contribution >= 0.6 is 0 Å². The van der Waals surface area contributed by atoms with Gasteiger partial charge in [0.1, 0.15) is 16.3 Å². The van der Waals surface area contributed by atoms with Gasteiger partial charge in [-0.05, 0) is 49.8 Å². The van der Waals surface area contributed by atoms with E-state index in [0.29, 0.717) is 24.2 Å². The van der Waals surface area contributed by atoms with Crippen molar-refractivity contribution in [1.82, 2.24) is 9.46 Å². The van der Waals surface area contributed by atoms with Gasteiger partial charge in [-0.2, -0.15) is 4.31 Å². The van der Waals surface area contributed by atoms with Crippen molar-refractivity contribution in [2.45, 2.75) is 57.8 Å². The number of rotatable bonds is 4. The van der Waals surface area contributed by atoms with E-state index in [0.717, 1.165) is 5.56 Å². The Kier molecular flexibility index (Phi) is 5.97. The van der Waals surface area contributed by atoms with Crippen molar-refractivity contribution < 1.29 is 22.8 Å². The van der Waals surface area contributed by atoms with Crippen LogP contribution in [-0.2, 0) is 20.2 Å². The first kappa shape index (κ1) is 22.3. The number of piperidine rings is 1. The zero-order valence-electron chi connectivity index (χ0n) is 18.0. The molecule has 0 spiro atoms. The van der Waals surface area contributed by atoms with Crippen molar-refractivity contribution in [2.75, 3.05) is 18.4 Å². The smallest absolute Gasteiger partial charge is 0.248 e. The Labute approximate surface area is 177 Å². The Balaban J connectivity index is 1.68. The molecular weight excluding hydrogens is 406 g/mol. The van der Waals surface area contributed by atoms with E-state index in [2.05, 4.69) is 31.2 Å². The third-order valence-electron chi connectivity index (χ3n) is 5.51. The highest BCUT2D eigenvalue weighted by molar-refractivity contribution is 7.89. The number of anilines is 1. The van der Waals surface area contributed by atoms with E-state index in [9.17, 15) is 18.3 Å². The molecule has 1 amide bonds. The molecule has 8 nitrogen and oxygen atoms in total. The molecule has 30 heavy (non-hydrogen) atoms. The van der Waals surface area contributed by atoms with Gasteiger partial charge in [0.25, 0.3) is 0 Å². The number of aryl methyl sites for hydroxylation is 2. The van der Waals surface area contributed by atoms with Crippen LogP contribution < -0.4 is 5.32 Å². The quantitative estimate of drug-likeness (QED) is 0.712. The average molecular weight is 436 g/mol. The molecule has 1 aromatic heterocycles. The number of sulfonamides is 1. The highest BCUT2D eigenvalue weighted by Gasteiger charge is 2.35. The molecule has 0 radical (unpaired) electrons. The number of carbonyl (C=O) groups excluding carboxylic acids is 1. The highest BCUT2D eigenvalue weighted by Crippen LogP contribution is 2.32. The van der Waals surface area contributed by atoms with Crippen LogP contribution in [0.25, 0.3) is 0 Å². The van der Waals surface area contributed by atoms with E-state index in [1.165, 1.54) is 4.31 Å².